The average Bonchev–Trinajstić information content (AvgIpc) is 2.45. The number of nitrogens with zero attached hydrogens (tertiary/aromatic N) is 2. The summed E-state index contributed by atoms with van der Waals surface area (Å²) in [5.41, 5.74) is 6.65. The second-order valence-corrected chi connectivity index (χ2v) is 5.03. The molecule has 0 radical (unpaired) electrons. The van der Waals surface area contributed by atoms with Crippen molar-refractivity contribution in [3.05, 3.63) is 11.9 Å². The predicted molar refractivity (Wildman–Crippen MR) is 69.0 cm³/mol. The molecule has 2 rings (SSSR count). The highest BCUT2D eigenvalue weighted by Gasteiger charge is 2.38. The van der Waals surface area contributed by atoms with E-state index in [1.54, 1.807) is 0 Å². The molecular formula is C13H19F2N3O2. The minimum absolute atomic E-state index is 0.0359. The number of aromatic nitrogens is 2. The van der Waals surface area contributed by atoms with Crippen molar-refractivity contribution in [1.82, 2.24) is 9.97 Å². The van der Waals surface area contributed by atoms with Crippen molar-refractivity contribution in [2.45, 2.75) is 37.6 Å². The highest BCUT2D eigenvalue weighted by atomic mass is 19.3. The van der Waals surface area contributed by atoms with Crippen LogP contribution in [0.5, 0.6) is 11.8 Å². The van der Waals surface area contributed by atoms with E-state index < -0.39 is 12.0 Å². The van der Waals surface area contributed by atoms with Crippen LogP contribution >= 0.6 is 0 Å². The first-order valence-electron chi connectivity index (χ1n) is 6.55. The molecule has 1 heterocycles. The fourth-order valence-corrected chi connectivity index (χ4v) is 2.49. The summed E-state index contributed by atoms with van der Waals surface area (Å²) < 4.78 is 36.5. The van der Waals surface area contributed by atoms with Crippen molar-refractivity contribution in [3.8, 4) is 11.8 Å². The lowest BCUT2D eigenvalue weighted by molar-refractivity contribution is -0.0485. The number of hydrogen-bond donors (Lipinski definition) is 1. The summed E-state index contributed by atoms with van der Waals surface area (Å²) in [4.78, 5) is 8.33. The molecule has 0 amide bonds. The van der Waals surface area contributed by atoms with E-state index in [0.717, 1.165) is 0 Å². The van der Waals surface area contributed by atoms with Crippen molar-refractivity contribution in [1.29, 1.82) is 0 Å². The molecule has 1 aliphatic rings. The third-order valence-corrected chi connectivity index (χ3v) is 3.73. The average molecular weight is 287 g/mol. The molecule has 7 heteroatoms. The predicted octanol–water partition coefficient (Wildman–Crippen LogP) is 2.32. The number of alkyl halides is 2. The summed E-state index contributed by atoms with van der Waals surface area (Å²) in [5.74, 6) is -1.99. The van der Waals surface area contributed by atoms with Crippen molar-refractivity contribution in [2.24, 2.45) is 11.7 Å². The highest BCUT2D eigenvalue weighted by molar-refractivity contribution is 5.26. The van der Waals surface area contributed by atoms with Crippen LogP contribution in [-0.4, -0.2) is 30.1 Å². The standard InChI is InChI=1S/C13H19F2N3O2/c1-19-9-7-17-11(12(18-9)20-2)10(16)8-3-5-13(14,15)6-4-8/h7-8,10H,3-6,16H2,1-2H3. The lowest BCUT2D eigenvalue weighted by Gasteiger charge is -2.31. The van der Waals surface area contributed by atoms with Gasteiger partial charge in [0.15, 0.2) is 0 Å². The molecule has 112 valence electrons. The van der Waals surface area contributed by atoms with Gasteiger partial charge in [-0.1, -0.05) is 0 Å². The van der Waals surface area contributed by atoms with E-state index in [2.05, 4.69) is 9.97 Å². The second-order valence-electron chi connectivity index (χ2n) is 5.03. The van der Waals surface area contributed by atoms with E-state index in [9.17, 15) is 8.78 Å². The van der Waals surface area contributed by atoms with E-state index in [4.69, 9.17) is 15.2 Å². The van der Waals surface area contributed by atoms with Crippen LogP contribution in [0.4, 0.5) is 8.78 Å². The van der Waals surface area contributed by atoms with Crippen molar-refractivity contribution in [3.63, 3.8) is 0 Å². The van der Waals surface area contributed by atoms with Gasteiger partial charge in [-0.05, 0) is 18.8 Å². The molecule has 0 spiro atoms. The largest absolute Gasteiger partial charge is 0.480 e. The molecule has 0 bridgehead atoms. The molecule has 1 aromatic heterocycles. The first kappa shape index (κ1) is 14.9. The molecule has 2 N–H and O–H groups in total. The summed E-state index contributed by atoms with van der Waals surface area (Å²) in [6.07, 6.45) is 1.96. The minimum atomic E-state index is -2.56. The molecule has 1 aliphatic carbocycles. The van der Waals surface area contributed by atoms with Gasteiger partial charge in [-0.3, -0.25) is 0 Å². The van der Waals surface area contributed by atoms with Gasteiger partial charge < -0.3 is 15.2 Å². The number of hydrogen-bond acceptors (Lipinski definition) is 5. The Labute approximate surface area is 116 Å². The van der Waals surface area contributed by atoms with Crippen LogP contribution in [0.25, 0.3) is 0 Å². The number of rotatable bonds is 4. The van der Waals surface area contributed by atoms with Gasteiger partial charge in [0.25, 0.3) is 0 Å². The fraction of sp³-hybridized carbons (Fsp3) is 0.692. The van der Waals surface area contributed by atoms with Gasteiger partial charge in [0.1, 0.15) is 5.69 Å². The van der Waals surface area contributed by atoms with Crippen LogP contribution in [-0.2, 0) is 0 Å². The summed E-state index contributed by atoms with van der Waals surface area (Å²) in [6.45, 7) is 0. The quantitative estimate of drug-likeness (QED) is 0.920. The van der Waals surface area contributed by atoms with Gasteiger partial charge in [0.05, 0.1) is 26.5 Å². The number of methoxy groups -OCH3 is 2. The molecule has 0 aliphatic heterocycles. The van der Waals surface area contributed by atoms with E-state index >= 15 is 0 Å². The van der Waals surface area contributed by atoms with Crippen molar-refractivity contribution < 1.29 is 18.3 Å². The Bertz CT molecular complexity index is 461. The van der Waals surface area contributed by atoms with Crippen LogP contribution in [0, 0.1) is 5.92 Å². The van der Waals surface area contributed by atoms with Crippen LogP contribution in [0.2, 0.25) is 0 Å². The van der Waals surface area contributed by atoms with Gasteiger partial charge in [0, 0.05) is 12.8 Å². The lowest BCUT2D eigenvalue weighted by atomic mass is 9.81. The maximum Gasteiger partial charge on any atom is 0.248 e. The molecule has 20 heavy (non-hydrogen) atoms. The van der Waals surface area contributed by atoms with E-state index in [1.807, 2.05) is 0 Å². The SMILES string of the molecule is COc1cnc(C(N)C2CCC(F)(F)CC2)c(OC)n1. The van der Waals surface area contributed by atoms with Crippen LogP contribution in [0.15, 0.2) is 6.20 Å². The van der Waals surface area contributed by atoms with Gasteiger partial charge in [-0.15, -0.1) is 0 Å². The molecule has 0 saturated heterocycles. The van der Waals surface area contributed by atoms with E-state index in [1.165, 1.54) is 20.4 Å². The summed E-state index contributed by atoms with van der Waals surface area (Å²) >= 11 is 0. The molecule has 5 nitrogen and oxygen atoms in total. The molecule has 0 aromatic carbocycles. The Balaban J connectivity index is 2.15. The van der Waals surface area contributed by atoms with Crippen molar-refractivity contribution in [2.75, 3.05) is 14.2 Å². The van der Waals surface area contributed by atoms with Crippen LogP contribution in [0.3, 0.4) is 0 Å². The Kier molecular flexibility index (Phi) is 4.37. The fourth-order valence-electron chi connectivity index (χ4n) is 2.49. The maximum atomic E-state index is 13.2. The minimum Gasteiger partial charge on any atom is -0.480 e. The lowest BCUT2D eigenvalue weighted by Crippen LogP contribution is -2.31. The number of ether oxygens (including phenoxy) is 2. The zero-order valence-corrected chi connectivity index (χ0v) is 11.6. The first-order chi connectivity index (χ1) is 9.46. The zero-order chi connectivity index (χ0) is 14.8. The van der Waals surface area contributed by atoms with E-state index in [0.29, 0.717) is 24.4 Å². The zero-order valence-electron chi connectivity index (χ0n) is 11.6. The van der Waals surface area contributed by atoms with Crippen LogP contribution in [0.1, 0.15) is 37.4 Å². The molecular weight excluding hydrogens is 268 g/mol. The number of nitrogens with two attached hydrogens (primary N) is 1. The molecule has 1 aromatic rings. The molecule has 1 saturated carbocycles. The Hall–Kier alpha value is -1.50. The molecule has 1 atom stereocenters. The van der Waals surface area contributed by atoms with E-state index in [-0.39, 0.29) is 24.6 Å². The van der Waals surface area contributed by atoms with Gasteiger partial charge in [-0.25, -0.2) is 13.8 Å². The van der Waals surface area contributed by atoms with Crippen LogP contribution < -0.4 is 15.2 Å². The van der Waals surface area contributed by atoms with Crippen molar-refractivity contribution >= 4 is 0 Å². The second kappa shape index (κ2) is 5.87. The van der Waals surface area contributed by atoms with Gasteiger partial charge in [-0.2, -0.15) is 4.98 Å². The Morgan fingerprint density at radius 3 is 2.50 bits per heavy atom. The first-order valence-corrected chi connectivity index (χ1v) is 6.55. The summed E-state index contributed by atoms with van der Waals surface area (Å²) in [7, 11) is 2.95. The third kappa shape index (κ3) is 3.15. The number of halogens is 2. The Morgan fingerprint density at radius 1 is 1.30 bits per heavy atom. The normalized spacial score (nSPS) is 20.4. The highest BCUT2D eigenvalue weighted by Crippen LogP contribution is 2.41. The summed E-state index contributed by atoms with van der Waals surface area (Å²) in [6, 6.07) is -0.459. The third-order valence-electron chi connectivity index (χ3n) is 3.73. The molecule has 1 unspecified atom stereocenters. The van der Waals surface area contributed by atoms with Gasteiger partial charge >= 0.3 is 0 Å². The topological polar surface area (TPSA) is 70.3 Å². The molecule has 1 fully saturated rings. The Morgan fingerprint density at radius 2 is 1.95 bits per heavy atom. The summed E-state index contributed by atoms with van der Waals surface area (Å²) in [5, 5.41) is 0. The monoisotopic (exact) mass is 287 g/mol. The smallest absolute Gasteiger partial charge is 0.248 e. The van der Waals surface area contributed by atoms with Gasteiger partial charge in [0.2, 0.25) is 17.7 Å². The maximum absolute atomic E-state index is 13.2.